The van der Waals surface area contributed by atoms with Crippen molar-refractivity contribution in [2.45, 2.75) is 6.42 Å². The molecule has 2 fully saturated rings. The van der Waals surface area contributed by atoms with Gasteiger partial charge in [-0.15, -0.1) is 0 Å². The van der Waals surface area contributed by atoms with Crippen LogP contribution in [0.2, 0.25) is 0 Å². The second-order valence-electron chi connectivity index (χ2n) is 7.43. The topological polar surface area (TPSA) is 71.8 Å². The average Bonchev–Trinajstić information content (AvgIpc) is 3.35. The summed E-state index contributed by atoms with van der Waals surface area (Å²) in [4.78, 5) is 19.4. The average molecular weight is 452 g/mol. The number of thioether (sulfide) groups is 1. The quantitative estimate of drug-likeness (QED) is 0.472. The highest BCUT2D eigenvalue weighted by atomic mass is 32.2. The molecule has 1 amide bonds. The van der Waals surface area contributed by atoms with Gasteiger partial charge >= 0.3 is 0 Å². The second-order valence-corrected chi connectivity index (χ2v) is 9.15. The van der Waals surface area contributed by atoms with Crippen molar-refractivity contribution in [3.63, 3.8) is 0 Å². The lowest BCUT2D eigenvalue weighted by Gasteiger charge is -2.26. The molecule has 2 saturated heterocycles. The Kier molecular flexibility index (Phi) is 5.82. The van der Waals surface area contributed by atoms with Crippen LogP contribution in [0.25, 0.3) is 23.0 Å². The lowest BCUT2D eigenvalue weighted by molar-refractivity contribution is -0.115. The molecule has 1 N–H and O–H groups in total. The summed E-state index contributed by atoms with van der Waals surface area (Å²) in [5.41, 5.74) is 4.71. The highest BCUT2D eigenvalue weighted by Crippen LogP contribution is 2.26. The molecule has 1 aromatic carbocycles. The van der Waals surface area contributed by atoms with Crippen molar-refractivity contribution in [3.05, 3.63) is 58.8 Å². The fourth-order valence-corrected chi connectivity index (χ4v) is 4.74. The maximum atomic E-state index is 12.0. The Morgan fingerprint density at radius 1 is 1.23 bits per heavy atom. The Balaban J connectivity index is 1.40. The van der Waals surface area contributed by atoms with E-state index < -0.39 is 0 Å². The van der Waals surface area contributed by atoms with Gasteiger partial charge in [-0.3, -0.25) is 9.69 Å². The number of morpholine rings is 1. The first kappa shape index (κ1) is 20.3. The number of fused-ring (bicyclic) bond motifs is 1. The predicted octanol–water partition coefficient (Wildman–Crippen LogP) is 2.76. The molecule has 0 spiro atoms. The molecular weight excluding hydrogens is 430 g/mol. The number of amides is 1. The lowest BCUT2D eigenvalue weighted by atomic mass is 10.1. The van der Waals surface area contributed by atoms with Crippen molar-refractivity contribution in [2.24, 2.45) is 0 Å². The summed E-state index contributed by atoms with van der Waals surface area (Å²) in [5.74, 6) is -0.185. The van der Waals surface area contributed by atoms with Gasteiger partial charge in [0.15, 0.2) is 5.65 Å². The summed E-state index contributed by atoms with van der Waals surface area (Å²) in [6.45, 7) is 4.65. The van der Waals surface area contributed by atoms with E-state index in [-0.39, 0.29) is 5.91 Å². The van der Waals surface area contributed by atoms with E-state index in [1.165, 1.54) is 17.3 Å². The first-order valence-corrected chi connectivity index (χ1v) is 11.4. The molecule has 158 valence electrons. The molecule has 3 aromatic rings. The molecule has 31 heavy (non-hydrogen) atoms. The van der Waals surface area contributed by atoms with Gasteiger partial charge < -0.3 is 10.1 Å². The van der Waals surface area contributed by atoms with Gasteiger partial charge in [0.2, 0.25) is 0 Å². The number of carbonyl (C=O) groups excluding carboxylic acids is 1. The van der Waals surface area contributed by atoms with Crippen LogP contribution in [0.15, 0.2) is 47.5 Å². The Hall–Kier alpha value is -2.59. The molecule has 0 saturated carbocycles. The van der Waals surface area contributed by atoms with Gasteiger partial charge in [0.25, 0.3) is 5.91 Å². The Bertz CT molecular complexity index is 1180. The third-order valence-electron chi connectivity index (χ3n) is 5.35. The van der Waals surface area contributed by atoms with Crippen LogP contribution >= 0.6 is 24.0 Å². The zero-order valence-electron chi connectivity index (χ0n) is 16.8. The standard InChI is InChI=1S/C22H21N5O2S2/c28-21-19(31-22(30)24-21)13-17-4-5-20-23-14-18(27(20)25-17)16-3-1-2-15(12-16)6-7-26-8-10-29-11-9-26/h1-5,12-14H,6-11H2,(H,24,28,30)/b19-13-. The van der Waals surface area contributed by atoms with Gasteiger partial charge in [0.05, 0.1) is 35.7 Å². The van der Waals surface area contributed by atoms with Gasteiger partial charge in [0, 0.05) is 25.2 Å². The number of ether oxygens (including phenoxy) is 1. The first-order valence-electron chi connectivity index (χ1n) is 10.1. The summed E-state index contributed by atoms with van der Waals surface area (Å²) in [7, 11) is 0. The van der Waals surface area contributed by atoms with Gasteiger partial charge in [-0.1, -0.05) is 42.2 Å². The van der Waals surface area contributed by atoms with E-state index in [9.17, 15) is 4.79 Å². The molecule has 0 unspecified atom stereocenters. The third kappa shape index (κ3) is 4.54. The van der Waals surface area contributed by atoms with E-state index in [0.717, 1.165) is 56.2 Å². The minimum absolute atomic E-state index is 0.185. The molecule has 5 rings (SSSR count). The predicted molar refractivity (Wildman–Crippen MR) is 126 cm³/mol. The van der Waals surface area contributed by atoms with Crippen molar-refractivity contribution < 1.29 is 9.53 Å². The maximum Gasteiger partial charge on any atom is 0.263 e. The lowest BCUT2D eigenvalue weighted by Crippen LogP contribution is -2.37. The largest absolute Gasteiger partial charge is 0.379 e. The molecule has 0 aliphatic carbocycles. The van der Waals surface area contributed by atoms with E-state index in [4.69, 9.17) is 22.1 Å². The first-order chi connectivity index (χ1) is 15.2. The Labute approximate surface area is 189 Å². The van der Waals surface area contributed by atoms with Crippen LogP contribution in [0.5, 0.6) is 0 Å². The van der Waals surface area contributed by atoms with Crippen LogP contribution in [-0.4, -0.2) is 62.6 Å². The SMILES string of the molecule is O=C1NC(=S)S/C1=C\c1ccc2ncc(-c3cccc(CCN4CCOCC4)c3)n2n1. The maximum absolute atomic E-state index is 12.0. The van der Waals surface area contributed by atoms with Crippen LogP contribution in [0.4, 0.5) is 0 Å². The number of nitrogens with zero attached hydrogens (tertiary/aromatic N) is 4. The minimum atomic E-state index is -0.185. The number of aromatic nitrogens is 3. The van der Waals surface area contributed by atoms with Crippen molar-refractivity contribution in [2.75, 3.05) is 32.8 Å². The van der Waals surface area contributed by atoms with Crippen LogP contribution in [0, 0.1) is 0 Å². The van der Waals surface area contributed by atoms with Crippen molar-refractivity contribution in [1.82, 2.24) is 24.8 Å². The molecule has 7 nitrogen and oxygen atoms in total. The van der Waals surface area contributed by atoms with Crippen LogP contribution in [0.3, 0.4) is 0 Å². The molecule has 9 heteroatoms. The van der Waals surface area contributed by atoms with Crippen molar-refractivity contribution >= 4 is 45.9 Å². The molecule has 0 bridgehead atoms. The summed E-state index contributed by atoms with van der Waals surface area (Å²) in [5, 5.41) is 7.33. The highest BCUT2D eigenvalue weighted by molar-refractivity contribution is 8.26. The number of thiocarbonyl (C=S) groups is 1. The highest BCUT2D eigenvalue weighted by Gasteiger charge is 2.22. The second kappa shape index (κ2) is 8.88. The molecule has 2 aliphatic rings. The normalized spacial score (nSPS) is 18.8. The number of hydrogen-bond acceptors (Lipinski definition) is 7. The summed E-state index contributed by atoms with van der Waals surface area (Å²) >= 11 is 6.31. The summed E-state index contributed by atoms with van der Waals surface area (Å²) < 4.78 is 7.72. The van der Waals surface area contributed by atoms with E-state index in [1.807, 2.05) is 22.8 Å². The van der Waals surface area contributed by atoms with Crippen molar-refractivity contribution in [3.8, 4) is 11.3 Å². The summed E-state index contributed by atoms with van der Waals surface area (Å²) in [6.07, 6.45) is 4.58. The van der Waals surface area contributed by atoms with E-state index in [2.05, 4.69) is 39.5 Å². The molecule has 0 radical (unpaired) electrons. The number of carbonyl (C=O) groups is 1. The minimum Gasteiger partial charge on any atom is -0.379 e. The van der Waals surface area contributed by atoms with Gasteiger partial charge in [0.1, 0.15) is 4.32 Å². The molecule has 4 heterocycles. The van der Waals surface area contributed by atoms with E-state index >= 15 is 0 Å². The van der Waals surface area contributed by atoms with Crippen LogP contribution in [0.1, 0.15) is 11.3 Å². The smallest absolute Gasteiger partial charge is 0.263 e. The number of benzene rings is 1. The zero-order chi connectivity index (χ0) is 21.2. The number of rotatable bonds is 5. The molecule has 0 atom stereocenters. The van der Waals surface area contributed by atoms with Gasteiger partial charge in [-0.25, -0.2) is 9.50 Å². The van der Waals surface area contributed by atoms with Gasteiger partial charge in [-0.2, -0.15) is 5.10 Å². The molecule has 2 aromatic heterocycles. The Morgan fingerprint density at radius 3 is 2.90 bits per heavy atom. The van der Waals surface area contributed by atoms with Crippen LogP contribution < -0.4 is 5.32 Å². The number of imidazole rings is 1. The Morgan fingerprint density at radius 2 is 2.10 bits per heavy atom. The zero-order valence-corrected chi connectivity index (χ0v) is 18.4. The monoisotopic (exact) mass is 451 g/mol. The number of nitrogens with one attached hydrogen (secondary N) is 1. The molecular formula is C22H21N5O2S2. The van der Waals surface area contributed by atoms with E-state index in [1.54, 1.807) is 6.08 Å². The third-order valence-corrected chi connectivity index (χ3v) is 6.51. The summed E-state index contributed by atoms with van der Waals surface area (Å²) in [6, 6.07) is 12.3. The van der Waals surface area contributed by atoms with Crippen molar-refractivity contribution in [1.29, 1.82) is 0 Å². The fraction of sp³-hybridized carbons (Fsp3) is 0.273. The molecule has 2 aliphatic heterocycles. The van der Waals surface area contributed by atoms with Gasteiger partial charge in [-0.05, 0) is 36.3 Å². The van der Waals surface area contributed by atoms with E-state index in [0.29, 0.717) is 14.9 Å². The fourth-order valence-electron chi connectivity index (χ4n) is 3.71. The van der Waals surface area contributed by atoms with Crippen LogP contribution in [-0.2, 0) is 16.0 Å². The number of hydrogen-bond donors (Lipinski definition) is 1.